The Morgan fingerprint density at radius 1 is 0.519 bits per heavy atom. The number of esters is 4. The van der Waals surface area contributed by atoms with Crippen molar-refractivity contribution in [2.24, 2.45) is 0 Å². The first-order valence-corrected chi connectivity index (χ1v) is 15.7. The molecule has 0 atom stereocenters. The van der Waals surface area contributed by atoms with Crippen LogP contribution in [0.2, 0.25) is 0 Å². The monoisotopic (exact) mass is 708 g/mol. The molecule has 52 heavy (non-hydrogen) atoms. The number of aryl methyl sites for hydroxylation is 2. The zero-order valence-corrected chi connectivity index (χ0v) is 28.8. The average Bonchev–Trinajstić information content (AvgIpc) is 3.06. The van der Waals surface area contributed by atoms with Crippen LogP contribution in [0, 0.1) is 13.8 Å². The molecule has 12 heteroatoms. The van der Waals surface area contributed by atoms with Crippen molar-refractivity contribution in [1.82, 2.24) is 0 Å². The van der Waals surface area contributed by atoms with E-state index in [9.17, 15) is 28.8 Å². The lowest BCUT2D eigenvalue weighted by molar-refractivity contribution is -0.137. The number of carboxylic acids is 2. The van der Waals surface area contributed by atoms with Crippen molar-refractivity contribution in [2.45, 2.75) is 40.5 Å². The summed E-state index contributed by atoms with van der Waals surface area (Å²) in [6.45, 7) is 6.34. The minimum absolute atomic E-state index is 0.0850. The van der Waals surface area contributed by atoms with Crippen LogP contribution in [-0.4, -0.2) is 46.0 Å². The smallest absolute Gasteiger partial charge is 0.336 e. The summed E-state index contributed by atoms with van der Waals surface area (Å²) in [6, 6.07) is 23.4. The third-order valence-corrected chi connectivity index (χ3v) is 6.69. The second kappa shape index (κ2) is 19.4. The standard InChI is InChI=1S/2C20H18O6/c1-13-4-8-17(9-5-13)26-20(23)11-7-16-6-10-18(24-14(2)21)19(12-16)25-15(3)22;1-13-2-7-17(8-3-13)26-20(25)9-5-14-4-6-15(11-18(21)22)16(10-14)12-19(23)24/h4-12H,1-3H3;2-10H,11-12H2,1H3,(H,21,22)(H,23,24)/b11-7+;9-5+. The number of ether oxygens (including phenoxy) is 4. The number of rotatable bonds is 12. The molecule has 0 heterocycles. The van der Waals surface area contributed by atoms with Crippen LogP contribution in [0.1, 0.15) is 47.2 Å². The molecule has 4 aromatic rings. The number of carbonyl (C=O) groups excluding carboxylic acids is 4. The predicted octanol–water partition coefficient (Wildman–Crippen LogP) is 6.33. The summed E-state index contributed by atoms with van der Waals surface area (Å²) in [5.74, 6) is -3.24. The Morgan fingerprint density at radius 2 is 0.942 bits per heavy atom. The fourth-order valence-electron chi connectivity index (χ4n) is 4.36. The Bertz CT molecular complexity index is 1840. The Hall–Kier alpha value is -6.82. The van der Waals surface area contributed by atoms with Gasteiger partial charge in [0.1, 0.15) is 11.5 Å². The van der Waals surface area contributed by atoms with Crippen LogP contribution in [-0.2, 0) is 41.6 Å². The third-order valence-electron chi connectivity index (χ3n) is 6.69. The normalized spacial score (nSPS) is 10.5. The second-order valence-corrected chi connectivity index (χ2v) is 11.2. The second-order valence-electron chi connectivity index (χ2n) is 11.2. The highest BCUT2D eigenvalue weighted by atomic mass is 16.6. The Kier molecular flexibility index (Phi) is 14.8. The van der Waals surface area contributed by atoms with Crippen molar-refractivity contribution in [3.63, 3.8) is 0 Å². The van der Waals surface area contributed by atoms with Gasteiger partial charge in [-0.15, -0.1) is 0 Å². The van der Waals surface area contributed by atoms with E-state index in [1.807, 2.05) is 38.1 Å². The summed E-state index contributed by atoms with van der Waals surface area (Å²) >= 11 is 0. The Morgan fingerprint density at radius 3 is 1.40 bits per heavy atom. The fourth-order valence-corrected chi connectivity index (χ4v) is 4.36. The maximum atomic E-state index is 11.9. The van der Waals surface area contributed by atoms with Crippen LogP contribution in [0.5, 0.6) is 23.0 Å². The minimum atomic E-state index is -1.06. The van der Waals surface area contributed by atoms with Gasteiger partial charge in [0.2, 0.25) is 0 Å². The molecular formula is C40H36O12. The number of benzene rings is 4. The molecule has 0 radical (unpaired) electrons. The molecule has 0 aromatic heterocycles. The molecule has 2 N–H and O–H groups in total. The van der Waals surface area contributed by atoms with Crippen molar-refractivity contribution < 1.29 is 57.9 Å². The van der Waals surface area contributed by atoms with Crippen LogP contribution in [0.25, 0.3) is 12.2 Å². The van der Waals surface area contributed by atoms with E-state index < -0.39 is 35.8 Å². The molecule has 12 nitrogen and oxygen atoms in total. The molecule has 0 aliphatic carbocycles. The highest BCUT2D eigenvalue weighted by Crippen LogP contribution is 2.29. The van der Waals surface area contributed by atoms with Gasteiger partial charge in [0, 0.05) is 26.0 Å². The van der Waals surface area contributed by atoms with Crippen LogP contribution >= 0.6 is 0 Å². The number of hydrogen-bond acceptors (Lipinski definition) is 10. The van der Waals surface area contributed by atoms with E-state index in [0.29, 0.717) is 33.8 Å². The lowest BCUT2D eigenvalue weighted by Crippen LogP contribution is -2.08. The molecule has 0 saturated heterocycles. The number of hydrogen-bond donors (Lipinski definition) is 2. The number of carbonyl (C=O) groups is 6. The summed E-state index contributed by atoms with van der Waals surface area (Å²) in [4.78, 5) is 67.9. The van der Waals surface area contributed by atoms with E-state index in [1.54, 1.807) is 48.5 Å². The van der Waals surface area contributed by atoms with Crippen molar-refractivity contribution in [1.29, 1.82) is 0 Å². The molecule has 0 bridgehead atoms. The molecule has 0 aliphatic heterocycles. The highest BCUT2D eigenvalue weighted by molar-refractivity contribution is 5.89. The van der Waals surface area contributed by atoms with Crippen molar-refractivity contribution >= 4 is 48.0 Å². The van der Waals surface area contributed by atoms with E-state index in [4.69, 9.17) is 29.2 Å². The van der Waals surface area contributed by atoms with Crippen molar-refractivity contribution in [3.8, 4) is 23.0 Å². The molecule has 268 valence electrons. The predicted molar refractivity (Wildman–Crippen MR) is 190 cm³/mol. The molecule has 4 aromatic carbocycles. The molecular weight excluding hydrogens is 672 g/mol. The van der Waals surface area contributed by atoms with Gasteiger partial charge in [-0.2, -0.15) is 0 Å². The molecule has 0 aliphatic rings. The minimum Gasteiger partial charge on any atom is -0.481 e. The summed E-state index contributed by atoms with van der Waals surface area (Å²) in [5.41, 5.74) is 4.08. The van der Waals surface area contributed by atoms with Gasteiger partial charge in [0.15, 0.2) is 11.5 Å². The summed E-state index contributed by atoms with van der Waals surface area (Å²) < 4.78 is 20.4. The van der Waals surface area contributed by atoms with Crippen molar-refractivity contribution in [2.75, 3.05) is 0 Å². The lowest BCUT2D eigenvalue weighted by atomic mass is 9.99. The van der Waals surface area contributed by atoms with Gasteiger partial charge >= 0.3 is 35.8 Å². The largest absolute Gasteiger partial charge is 0.481 e. The van der Waals surface area contributed by atoms with E-state index >= 15 is 0 Å². The molecule has 0 saturated carbocycles. The van der Waals surface area contributed by atoms with Crippen LogP contribution in [0.4, 0.5) is 0 Å². The Balaban J connectivity index is 0.000000280. The summed E-state index contributed by atoms with van der Waals surface area (Å²) in [7, 11) is 0. The van der Waals surface area contributed by atoms with Gasteiger partial charge in [0.25, 0.3) is 0 Å². The number of aliphatic carboxylic acids is 2. The first kappa shape index (κ1) is 39.6. The maximum Gasteiger partial charge on any atom is 0.336 e. The SMILES string of the molecule is CC(=O)Oc1ccc(/C=C/C(=O)Oc2ccc(C)cc2)cc1OC(C)=O.Cc1ccc(OC(=O)/C=C/c2ccc(CC(=O)O)c(CC(=O)O)c2)cc1. The van der Waals surface area contributed by atoms with Gasteiger partial charge in [-0.1, -0.05) is 59.7 Å². The van der Waals surface area contributed by atoms with Crippen LogP contribution in [0.3, 0.4) is 0 Å². The van der Waals surface area contributed by atoms with Gasteiger partial charge in [-0.05, 0) is 84.7 Å². The molecule has 0 fully saturated rings. The first-order valence-electron chi connectivity index (χ1n) is 15.7. The molecule has 0 unspecified atom stereocenters. The lowest BCUT2D eigenvalue weighted by Gasteiger charge is -2.09. The van der Waals surface area contributed by atoms with E-state index in [0.717, 1.165) is 11.1 Å². The average molecular weight is 709 g/mol. The molecule has 4 rings (SSSR count). The van der Waals surface area contributed by atoms with Crippen LogP contribution < -0.4 is 18.9 Å². The van der Waals surface area contributed by atoms with Gasteiger partial charge in [-0.25, -0.2) is 9.59 Å². The van der Waals surface area contributed by atoms with E-state index in [2.05, 4.69) is 0 Å². The molecule has 0 spiro atoms. The fraction of sp³-hybridized carbons (Fsp3) is 0.150. The zero-order chi connectivity index (χ0) is 38.2. The van der Waals surface area contributed by atoms with Crippen LogP contribution in [0.15, 0.2) is 97.1 Å². The summed E-state index contributed by atoms with van der Waals surface area (Å²) in [5, 5.41) is 17.9. The first-order chi connectivity index (χ1) is 24.7. The zero-order valence-electron chi connectivity index (χ0n) is 28.8. The topological polar surface area (TPSA) is 180 Å². The van der Waals surface area contributed by atoms with E-state index in [1.165, 1.54) is 50.3 Å². The Labute approximate surface area is 299 Å². The number of carboxylic acid groups (broad SMARTS) is 2. The van der Waals surface area contributed by atoms with Gasteiger partial charge < -0.3 is 29.2 Å². The van der Waals surface area contributed by atoms with E-state index in [-0.39, 0.29) is 24.3 Å². The molecule has 0 amide bonds. The van der Waals surface area contributed by atoms with Crippen molar-refractivity contribution in [3.05, 3.63) is 130 Å². The highest BCUT2D eigenvalue weighted by Gasteiger charge is 2.12. The van der Waals surface area contributed by atoms with Gasteiger partial charge in [-0.3, -0.25) is 19.2 Å². The maximum absolute atomic E-state index is 11.9. The van der Waals surface area contributed by atoms with Gasteiger partial charge in [0.05, 0.1) is 12.8 Å². The summed E-state index contributed by atoms with van der Waals surface area (Å²) in [6.07, 6.45) is 4.92. The quantitative estimate of drug-likeness (QED) is 0.0950. The third kappa shape index (κ3) is 14.3.